The molecule has 1 aromatic heterocycles. The van der Waals surface area contributed by atoms with E-state index in [1.165, 1.54) is 0 Å². The Bertz CT molecular complexity index is 891. The van der Waals surface area contributed by atoms with Crippen LogP contribution in [-0.2, 0) is 0 Å². The highest BCUT2D eigenvalue weighted by Gasteiger charge is 2.17. The van der Waals surface area contributed by atoms with Gasteiger partial charge in [-0.1, -0.05) is 48.5 Å². The number of nitrogens with one attached hydrogen (secondary N) is 1. The van der Waals surface area contributed by atoms with Gasteiger partial charge in [-0.25, -0.2) is 0 Å². The molecule has 0 bridgehead atoms. The lowest BCUT2D eigenvalue weighted by Gasteiger charge is -2.20. The normalized spacial score (nSPS) is 13.3. The lowest BCUT2D eigenvalue weighted by molar-refractivity contribution is 0.0947. The molecule has 2 N–H and O–H groups in total. The maximum Gasteiger partial charge on any atom is 0.253 e. The van der Waals surface area contributed by atoms with Crippen LogP contribution < -0.4 is 5.32 Å². The van der Waals surface area contributed by atoms with Crippen LogP contribution in [0.4, 0.5) is 0 Å². The molecular formula is C22H24N2O2. The van der Waals surface area contributed by atoms with Gasteiger partial charge in [-0.15, -0.1) is 0 Å². The first-order valence-electron chi connectivity index (χ1n) is 8.92. The molecule has 0 radical (unpaired) electrons. The van der Waals surface area contributed by atoms with Crippen LogP contribution in [0.25, 0.3) is 10.9 Å². The average molecular weight is 348 g/mol. The maximum atomic E-state index is 12.8. The molecule has 0 spiro atoms. The third kappa shape index (κ3) is 4.27. The van der Waals surface area contributed by atoms with Crippen LogP contribution in [0, 0.1) is 6.92 Å². The summed E-state index contributed by atoms with van der Waals surface area (Å²) in [4.78, 5) is 17.3. The molecule has 3 aromatic rings. The highest BCUT2D eigenvalue weighted by Crippen LogP contribution is 2.21. The number of fused-ring (bicyclic) bond motifs is 1. The van der Waals surface area contributed by atoms with E-state index in [9.17, 15) is 9.90 Å². The summed E-state index contributed by atoms with van der Waals surface area (Å²) in [7, 11) is 0. The highest BCUT2D eigenvalue weighted by atomic mass is 16.3. The highest BCUT2D eigenvalue weighted by molar-refractivity contribution is 6.05. The molecule has 1 heterocycles. The molecule has 0 saturated carbocycles. The van der Waals surface area contributed by atoms with Crippen molar-refractivity contribution in [1.29, 1.82) is 0 Å². The van der Waals surface area contributed by atoms with Crippen molar-refractivity contribution in [3.8, 4) is 0 Å². The molecule has 1 amide bonds. The smallest absolute Gasteiger partial charge is 0.253 e. The van der Waals surface area contributed by atoms with Crippen molar-refractivity contribution >= 4 is 16.8 Å². The number of aliphatic hydroxyl groups excluding tert-OH is 1. The number of hydrogen-bond acceptors (Lipinski definition) is 3. The number of hydrogen-bond donors (Lipinski definition) is 2. The Balaban J connectivity index is 1.80. The van der Waals surface area contributed by atoms with E-state index in [4.69, 9.17) is 0 Å². The molecule has 2 atom stereocenters. The molecule has 134 valence electrons. The quantitative estimate of drug-likeness (QED) is 0.712. The lowest BCUT2D eigenvalue weighted by Crippen LogP contribution is -2.30. The van der Waals surface area contributed by atoms with Gasteiger partial charge in [0.25, 0.3) is 5.91 Å². The fourth-order valence-corrected chi connectivity index (χ4v) is 3.21. The first-order chi connectivity index (χ1) is 12.5. The number of rotatable bonds is 6. The second-order valence-electron chi connectivity index (χ2n) is 6.73. The van der Waals surface area contributed by atoms with E-state index < -0.39 is 6.10 Å². The molecule has 0 fully saturated rings. The number of aliphatic hydroxyl groups is 1. The van der Waals surface area contributed by atoms with E-state index in [-0.39, 0.29) is 11.8 Å². The minimum absolute atomic E-state index is 0.0600. The molecule has 3 rings (SSSR count). The molecule has 4 nitrogen and oxygen atoms in total. The lowest BCUT2D eigenvalue weighted by atomic mass is 9.93. The summed E-state index contributed by atoms with van der Waals surface area (Å²) in [5, 5.41) is 13.8. The molecule has 4 heteroatoms. The van der Waals surface area contributed by atoms with Crippen LogP contribution in [0.3, 0.4) is 0 Å². The minimum atomic E-state index is -0.432. The molecule has 2 aromatic carbocycles. The van der Waals surface area contributed by atoms with E-state index >= 15 is 0 Å². The van der Waals surface area contributed by atoms with E-state index in [2.05, 4.69) is 10.3 Å². The number of benzene rings is 2. The zero-order valence-corrected chi connectivity index (χ0v) is 15.1. The number of nitrogens with zero attached hydrogens (tertiary/aromatic N) is 1. The van der Waals surface area contributed by atoms with Crippen LogP contribution in [0.2, 0.25) is 0 Å². The number of para-hydroxylation sites is 1. The summed E-state index contributed by atoms with van der Waals surface area (Å²) in [6.07, 6.45) is 0.163. The summed E-state index contributed by atoms with van der Waals surface area (Å²) in [5.74, 6) is -0.0787. The van der Waals surface area contributed by atoms with Gasteiger partial charge in [-0.3, -0.25) is 9.78 Å². The SMILES string of the molecule is Cc1ccc2cccc(C(=O)NCC(CC(C)O)c3ccccc3)c2n1. The summed E-state index contributed by atoms with van der Waals surface area (Å²) in [5.41, 5.74) is 3.29. The Morgan fingerprint density at radius 1 is 1.08 bits per heavy atom. The standard InChI is InChI=1S/C22H24N2O2/c1-15-11-12-18-9-6-10-20(21(18)24-15)22(26)23-14-19(13-16(2)25)17-7-4-3-5-8-17/h3-12,16,19,25H,13-14H2,1-2H3,(H,23,26). The van der Waals surface area contributed by atoms with E-state index in [0.717, 1.165) is 22.2 Å². The van der Waals surface area contributed by atoms with Crippen molar-refractivity contribution in [2.75, 3.05) is 6.54 Å². The van der Waals surface area contributed by atoms with Gasteiger partial charge in [-0.2, -0.15) is 0 Å². The largest absolute Gasteiger partial charge is 0.393 e. The summed E-state index contributed by atoms with van der Waals surface area (Å²) >= 11 is 0. The van der Waals surface area contributed by atoms with Crippen molar-refractivity contribution in [1.82, 2.24) is 10.3 Å². The third-order valence-electron chi connectivity index (χ3n) is 4.51. The Kier molecular flexibility index (Phi) is 5.64. The zero-order chi connectivity index (χ0) is 18.5. The first kappa shape index (κ1) is 18.1. The number of carbonyl (C=O) groups excluding carboxylic acids is 1. The Labute approximate surface area is 153 Å². The predicted octanol–water partition coefficient (Wildman–Crippen LogP) is 3.83. The van der Waals surface area contributed by atoms with Gasteiger partial charge in [0, 0.05) is 23.5 Å². The zero-order valence-electron chi connectivity index (χ0n) is 15.1. The molecular weight excluding hydrogens is 324 g/mol. The van der Waals surface area contributed by atoms with Crippen molar-refractivity contribution < 1.29 is 9.90 Å². The van der Waals surface area contributed by atoms with Gasteiger partial charge in [0.2, 0.25) is 0 Å². The summed E-state index contributed by atoms with van der Waals surface area (Å²) < 4.78 is 0. The molecule has 26 heavy (non-hydrogen) atoms. The van der Waals surface area contributed by atoms with E-state index in [1.807, 2.05) is 61.5 Å². The number of aromatic nitrogens is 1. The fraction of sp³-hybridized carbons (Fsp3) is 0.273. The summed E-state index contributed by atoms with van der Waals surface area (Å²) in [6, 6.07) is 19.5. The minimum Gasteiger partial charge on any atom is -0.393 e. The van der Waals surface area contributed by atoms with E-state index in [1.54, 1.807) is 13.0 Å². The van der Waals surface area contributed by atoms with Crippen molar-refractivity contribution in [2.24, 2.45) is 0 Å². The second-order valence-corrected chi connectivity index (χ2v) is 6.73. The van der Waals surface area contributed by atoms with Crippen LogP contribution in [-0.4, -0.2) is 28.6 Å². The van der Waals surface area contributed by atoms with Gasteiger partial charge in [0.1, 0.15) is 0 Å². The second kappa shape index (κ2) is 8.11. The molecule has 0 aliphatic heterocycles. The topological polar surface area (TPSA) is 62.2 Å². The Morgan fingerprint density at radius 3 is 2.58 bits per heavy atom. The van der Waals surface area contributed by atoms with Gasteiger partial charge in [0.15, 0.2) is 0 Å². The van der Waals surface area contributed by atoms with Gasteiger partial charge < -0.3 is 10.4 Å². The first-order valence-corrected chi connectivity index (χ1v) is 8.92. The Morgan fingerprint density at radius 2 is 1.85 bits per heavy atom. The van der Waals surface area contributed by atoms with Crippen LogP contribution >= 0.6 is 0 Å². The molecule has 0 saturated heterocycles. The van der Waals surface area contributed by atoms with Crippen LogP contribution in [0.5, 0.6) is 0 Å². The third-order valence-corrected chi connectivity index (χ3v) is 4.51. The monoisotopic (exact) mass is 348 g/mol. The van der Waals surface area contributed by atoms with Crippen molar-refractivity contribution in [3.05, 3.63) is 77.5 Å². The van der Waals surface area contributed by atoms with E-state index in [0.29, 0.717) is 18.5 Å². The van der Waals surface area contributed by atoms with Crippen molar-refractivity contribution in [2.45, 2.75) is 32.3 Å². The van der Waals surface area contributed by atoms with Crippen LogP contribution in [0.15, 0.2) is 60.7 Å². The predicted molar refractivity (Wildman–Crippen MR) is 104 cm³/mol. The molecule has 0 aliphatic rings. The molecule has 2 unspecified atom stereocenters. The number of amides is 1. The van der Waals surface area contributed by atoms with Crippen LogP contribution in [0.1, 0.15) is 40.9 Å². The molecule has 0 aliphatic carbocycles. The average Bonchev–Trinajstić information content (AvgIpc) is 2.64. The summed E-state index contributed by atoms with van der Waals surface area (Å²) in [6.45, 7) is 4.16. The van der Waals surface area contributed by atoms with Gasteiger partial charge in [0.05, 0.1) is 17.2 Å². The van der Waals surface area contributed by atoms with Gasteiger partial charge in [-0.05, 0) is 38.0 Å². The van der Waals surface area contributed by atoms with Gasteiger partial charge >= 0.3 is 0 Å². The fourth-order valence-electron chi connectivity index (χ4n) is 3.21. The maximum absolute atomic E-state index is 12.8. The number of pyridine rings is 1. The Hall–Kier alpha value is -2.72. The van der Waals surface area contributed by atoms with Crippen molar-refractivity contribution in [3.63, 3.8) is 0 Å². The number of carbonyl (C=O) groups is 1. The number of aryl methyl sites for hydroxylation is 1.